The van der Waals surface area contributed by atoms with Crippen LogP contribution in [0.5, 0.6) is 0 Å². The van der Waals surface area contributed by atoms with Gasteiger partial charge in [0.25, 0.3) is 10.0 Å². The van der Waals surface area contributed by atoms with Gasteiger partial charge in [-0.2, -0.15) is 0 Å². The average molecular weight is 663 g/mol. The monoisotopic (exact) mass is 661 g/mol. The summed E-state index contributed by atoms with van der Waals surface area (Å²) in [6, 6.07) is 31.0. The number of aryl methyl sites for hydroxylation is 1. The van der Waals surface area contributed by atoms with Crippen molar-refractivity contribution in [2.75, 3.05) is 10.8 Å². The van der Waals surface area contributed by atoms with Gasteiger partial charge in [-0.25, -0.2) is 8.42 Å². The van der Waals surface area contributed by atoms with Crippen molar-refractivity contribution >= 4 is 43.5 Å². The maximum atomic E-state index is 14.4. The van der Waals surface area contributed by atoms with E-state index in [0.29, 0.717) is 5.69 Å². The molecule has 0 unspecified atom stereocenters. The molecule has 0 heterocycles. The average Bonchev–Trinajstić information content (AvgIpc) is 2.99. The van der Waals surface area contributed by atoms with E-state index in [0.717, 1.165) is 25.5 Å². The molecule has 7 nitrogen and oxygen atoms in total. The molecule has 4 aromatic carbocycles. The summed E-state index contributed by atoms with van der Waals surface area (Å²) >= 11 is 3.40. The van der Waals surface area contributed by atoms with Gasteiger partial charge in [-0.1, -0.05) is 94.3 Å². The number of benzene rings is 4. The Morgan fingerprint density at radius 2 is 1.37 bits per heavy atom. The lowest BCUT2D eigenvalue weighted by Gasteiger charge is -2.34. The molecule has 0 saturated carbocycles. The van der Waals surface area contributed by atoms with Crippen molar-refractivity contribution < 1.29 is 18.0 Å². The summed E-state index contributed by atoms with van der Waals surface area (Å²) in [5.41, 5.74) is 3.11. The van der Waals surface area contributed by atoms with E-state index in [-0.39, 0.29) is 29.8 Å². The number of sulfonamides is 1. The van der Waals surface area contributed by atoms with Crippen LogP contribution in [0, 0.1) is 6.92 Å². The normalized spacial score (nSPS) is 12.0. The molecule has 0 fully saturated rings. The smallest absolute Gasteiger partial charge is 0.264 e. The van der Waals surface area contributed by atoms with E-state index in [4.69, 9.17) is 0 Å². The van der Waals surface area contributed by atoms with Gasteiger partial charge in [-0.15, -0.1) is 0 Å². The molecule has 4 aromatic rings. The maximum absolute atomic E-state index is 14.4. The highest BCUT2D eigenvalue weighted by Crippen LogP contribution is 2.26. The van der Waals surface area contributed by atoms with Crippen LogP contribution in [0.3, 0.4) is 0 Å². The second kappa shape index (κ2) is 14.5. The number of anilines is 1. The van der Waals surface area contributed by atoms with Crippen LogP contribution in [0.1, 0.15) is 30.5 Å². The molecular formula is C34H36BrN3O4S. The lowest BCUT2D eigenvalue weighted by molar-refractivity contribution is -0.140. The van der Waals surface area contributed by atoms with Gasteiger partial charge in [0.05, 0.1) is 10.6 Å². The van der Waals surface area contributed by atoms with E-state index >= 15 is 0 Å². The first-order chi connectivity index (χ1) is 20.5. The summed E-state index contributed by atoms with van der Waals surface area (Å²) in [7, 11) is -4.13. The Morgan fingerprint density at radius 1 is 0.791 bits per heavy atom. The minimum Gasteiger partial charge on any atom is -0.352 e. The second-order valence-corrected chi connectivity index (χ2v) is 13.5. The summed E-state index contributed by atoms with van der Waals surface area (Å²) in [5, 5.41) is 2.97. The van der Waals surface area contributed by atoms with Crippen molar-refractivity contribution in [1.82, 2.24) is 10.2 Å². The van der Waals surface area contributed by atoms with Crippen LogP contribution in [0.2, 0.25) is 0 Å². The Labute approximate surface area is 262 Å². The second-order valence-electron chi connectivity index (χ2n) is 10.7. The molecule has 0 aliphatic heterocycles. The molecule has 2 amide bonds. The van der Waals surface area contributed by atoms with Gasteiger partial charge in [0.2, 0.25) is 11.8 Å². The van der Waals surface area contributed by atoms with Crippen LogP contribution in [-0.2, 0) is 32.6 Å². The Bertz CT molecular complexity index is 1610. The Morgan fingerprint density at radius 3 is 1.95 bits per heavy atom. The topological polar surface area (TPSA) is 86.8 Å². The Balaban J connectivity index is 1.79. The molecule has 0 spiro atoms. The third-order valence-electron chi connectivity index (χ3n) is 6.90. The van der Waals surface area contributed by atoms with Gasteiger partial charge in [-0.3, -0.25) is 13.9 Å². The van der Waals surface area contributed by atoms with E-state index in [9.17, 15) is 18.0 Å². The zero-order valence-electron chi connectivity index (χ0n) is 24.5. The molecule has 0 aliphatic carbocycles. The fraction of sp³-hybridized carbons (Fsp3) is 0.235. The number of amides is 2. The van der Waals surface area contributed by atoms with Crippen molar-refractivity contribution in [3.05, 3.63) is 130 Å². The molecule has 43 heavy (non-hydrogen) atoms. The van der Waals surface area contributed by atoms with E-state index in [1.165, 1.54) is 17.0 Å². The fourth-order valence-corrected chi connectivity index (χ4v) is 6.38. The summed E-state index contributed by atoms with van der Waals surface area (Å²) in [6.07, 6.45) is 0.265. The number of hydrogen-bond acceptors (Lipinski definition) is 4. The summed E-state index contributed by atoms with van der Waals surface area (Å²) in [5.74, 6) is -0.803. The van der Waals surface area contributed by atoms with Gasteiger partial charge in [-0.05, 0) is 68.3 Å². The maximum Gasteiger partial charge on any atom is 0.264 e. The predicted molar refractivity (Wildman–Crippen MR) is 174 cm³/mol. The SMILES string of the molecule is Cc1ccc(CN(C(=O)CN(c2ccc(Br)cc2)S(=O)(=O)c2ccccc2)[C@@H](Cc2ccccc2)C(=O)NC(C)C)cc1. The third kappa shape index (κ3) is 8.55. The zero-order valence-corrected chi connectivity index (χ0v) is 26.9. The molecule has 0 saturated heterocycles. The van der Waals surface area contributed by atoms with Gasteiger partial charge in [0.1, 0.15) is 12.6 Å². The van der Waals surface area contributed by atoms with Crippen LogP contribution < -0.4 is 9.62 Å². The van der Waals surface area contributed by atoms with E-state index in [2.05, 4.69) is 21.2 Å². The van der Waals surface area contributed by atoms with Crippen LogP contribution in [0.4, 0.5) is 5.69 Å². The number of carbonyl (C=O) groups excluding carboxylic acids is 2. The zero-order chi connectivity index (χ0) is 31.0. The highest BCUT2D eigenvalue weighted by molar-refractivity contribution is 9.10. The number of rotatable bonds is 12. The van der Waals surface area contributed by atoms with E-state index in [1.807, 2.05) is 75.4 Å². The first-order valence-corrected chi connectivity index (χ1v) is 16.3. The van der Waals surface area contributed by atoms with Gasteiger partial charge < -0.3 is 10.2 Å². The number of nitrogens with zero attached hydrogens (tertiary/aromatic N) is 2. The minimum absolute atomic E-state index is 0.0641. The molecule has 9 heteroatoms. The number of hydrogen-bond donors (Lipinski definition) is 1. The van der Waals surface area contributed by atoms with Crippen molar-refractivity contribution in [3.8, 4) is 0 Å². The molecule has 0 aromatic heterocycles. The fourth-order valence-electron chi connectivity index (χ4n) is 4.68. The first kappa shape index (κ1) is 32.0. The number of halogens is 1. The van der Waals surface area contributed by atoms with Crippen molar-refractivity contribution in [2.24, 2.45) is 0 Å². The highest BCUT2D eigenvalue weighted by Gasteiger charge is 2.34. The number of carbonyl (C=O) groups is 2. The lowest BCUT2D eigenvalue weighted by atomic mass is 10.0. The van der Waals surface area contributed by atoms with Gasteiger partial charge in [0.15, 0.2) is 0 Å². The summed E-state index contributed by atoms with van der Waals surface area (Å²) in [4.78, 5) is 29.7. The van der Waals surface area contributed by atoms with E-state index in [1.54, 1.807) is 42.5 Å². The number of nitrogens with one attached hydrogen (secondary N) is 1. The molecule has 224 valence electrons. The lowest BCUT2D eigenvalue weighted by Crippen LogP contribution is -2.54. The highest BCUT2D eigenvalue weighted by atomic mass is 79.9. The molecule has 4 rings (SSSR count). The molecular weight excluding hydrogens is 626 g/mol. The quantitative estimate of drug-likeness (QED) is 0.198. The first-order valence-electron chi connectivity index (χ1n) is 14.1. The third-order valence-corrected chi connectivity index (χ3v) is 9.22. The predicted octanol–water partition coefficient (Wildman–Crippen LogP) is 6.12. The summed E-state index contributed by atoms with van der Waals surface area (Å²) < 4.78 is 29.8. The van der Waals surface area contributed by atoms with Crippen molar-refractivity contribution in [2.45, 2.75) is 50.7 Å². The molecule has 1 atom stereocenters. The van der Waals surface area contributed by atoms with Crippen molar-refractivity contribution in [3.63, 3.8) is 0 Å². The minimum atomic E-state index is -4.13. The molecule has 0 radical (unpaired) electrons. The van der Waals surface area contributed by atoms with Crippen LogP contribution in [0.25, 0.3) is 0 Å². The molecule has 1 N–H and O–H groups in total. The Hall–Kier alpha value is -3.95. The summed E-state index contributed by atoms with van der Waals surface area (Å²) in [6.45, 7) is 5.34. The van der Waals surface area contributed by atoms with Crippen LogP contribution in [0.15, 0.2) is 119 Å². The van der Waals surface area contributed by atoms with Crippen molar-refractivity contribution in [1.29, 1.82) is 0 Å². The van der Waals surface area contributed by atoms with E-state index < -0.39 is 28.5 Å². The largest absolute Gasteiger partial charge is 0.352 e. The van der Waals surface area contributed by atoms with Gasteiger partial charge >= 0.3 is 0 Å². The molecule has 0 bridgehead atoms. The Kier molecular flexibility index (Phi) is 10.8. The standard InChI is InChI=1S/C34H36BrN3O4S/c1-25(2)36-34(40)32(22-27-10-6-4-7-11-27)37(23-28-16-14-26(3)15-17-28)33(39)24-38(30-20-18-29(35)19-21-30)43(41,42)31-12-8-5-9-13-31/h4-21,25,32H,22-24H2,1-3H3,(H,36,40)/t32-/m0/s1. The van der Waals surface area contributed by atoms with Crippen LogP contribution in [-0.4, -0.2) is 43.8 Å². The van der Waals surface area contributed by atoms with Crippen LogP contribution >= 0.6 is 15.9 Å². The van der Waals surface area contributed by atoms with Gasteiger partial charge in [0, 0.05) is 23.5 Å². The molecule has 0 aliphatic rings.